The van der Waals surface area contributed by atoms with Gasteiger partial charge in [-0.2, -0.15) is 5.10 Å². The van der Waals surface area contributed by atoms with Gasteiger partial charge in [-0.3, -0.25) is 0 Å². The predicted molar refractivity (Wildman–Crippen MR) is 66.5 cm³/mol. The number of aromatic amines is 1. The van der Waals surface area contributed by atoms with E-state index in [2.05, 4.69) is 21.6 Å². The van der Waals surface area contributed by atoms with Gasteiger partial charge in [-0.25, -0.2) is 4.98 Å². The Morgan fingerprint density at radius 2 is 2.38 bits per heavy atom. The van der Waals surface area contributed by atoms with Crippen LogP contribution in [0.15, 0.2) is 42.2 Å². The highest BCUT2D eigenvalue weighted by molar-refractivity contribution is 5.95. The van der Waals surface area contributed by atoms with E-state index in [1.165, 1.54) is 0 Å². The Bertz CT molecular complexity index is 451. The minimum atomic E-state index is 0.220. The summed E-state index contributed by atoms with van der Waals surface area (Å²) in [6, 6.07) is 0. The van der Waals surface area contributed by atoms with E-state index in [1.807, 2.05) is 25.2 Å². The first-order chi connectivity index (χ1) is 7.72. The van der Waals surface area contributed by atoms with Gasteiger partial charge in [-0.15, -0.1) is 0 Å². The number of hydrogen-bond acceptors (Lipinski definition) is 3. The van der Waals surface area contributed by atoms with Gasteiger partial charge in [0.15, 0.2) is 5.84 Å². The van der Waals surface area contributed by atoms with Gasteiger partial charge in [-0.1, -0.05) is 30.9 Å². The zero-order valence-electron chi connectivity index (χ0n) is 9.14. The zero-order valence-corrected chi connectivity index (χ0v) is 9.14. The molecule has 1 aromatic rings. The van der Waals surface area contributed by atoms with Crippen molar-refractivity contribution in [1.82, 2.24) is 9.97 Å². The van der Waals surface area contributed by atoms with Gasteiger partial charge in [0.25, 0.3) is 0 Å². The number of nitrogens with one attached hydrogen (secondary N) is 1. The van der Waals surface area contributed by atoms with Crippen LogP contribution in [0.4, 0.5) is 0 Å². The minimum Gasteiger partial charge on any atom is -0.381 e. The predicted octanol–water partition coefficient (Wildman–Crippen LogP) is 1.13. The number of hydrazone groups is 1. The maximum atomic E-state index is 5.55. The van der Waals surface area contributed by atoms with Gasteiger partial charge in [0.1, 0.15) is 11.5 Å². The highest BCUT2D eigenvalue weighted by Gasteiger charge is 2.05. The molecule has 0 atom stereocenters. The first kappa shape index (κ1) is 11.8. The Morgan fingerprint density at radius 3 is 2.94 bits per heavy atom. The van der Waals surface area contributed by atoms with Crippen LogP contribution in [0, 0.1) is 0 Å². The van der Waals surface area contributed by atoms with Crippen molar-refractivity contribution in [1.29, 1.82) is 0 Å². The smallest absolute Gasteiger partial charge is 0.168 e. The average molecular weight is 217 g/mol. The van der Waals surface area contributed by atoms with Gasteiger partial charge >= 0.3 is 0 Å². The number of nitrogens with zero attached hydrogens (tertiary/aromatic N) is 2. The molecule has 16 heavy (non-hydrogen) atoms. The minimum absolute atomic E-state index is 0.220. The first-order valence-corrected chi connectivity index (χ1v) is 4.77. The van der Waals surface area contributed by atoms with Crippen LogP contribution in [-0.2, 0) is 0 Å². The molecular weight excluding hydrogens is 202 g/mol. The molecule has 0 saturated carbocycles. The number of allylic oxidation sites excluding steroid dienone is 5. The lowest BCUT2D eigenvalue weighted by atomic mass is 10.2. The lowest BCUT2D eigenvalue weighted by molar-refractivity contribution is 1.20. The van der Waals surface area contributed by atoms with E-state index in [1.54, 1.807) is 12.3 Å². The largest absolute Gasteiger partial charge is 0.381 e. The summed E-state index contributed by atoms with van der Waals surface area (Å²) in [7, 11) is 0. The maximum absolute atomic E-state index is 5.55. The van der Waals surface area contributed by atoms with Crippen molar-refractivity contribution in [2.45, 2.75) is 6.92 Å². The Balaban J connectivity index is 3.08. The molecule has 5 N–H and O–H groups in total. The van der Waals surface area contributed by atoms with Gasteiger partial charge in [-0.05, 0) is 6.92 Å². The maximum Gasteiger partial charge on any atom is 0.168 e. The summed E-state index contributed by atoms with van der Waals surface area (Å²) in [5, 5.41) is 3.39. The third-order valence-electron chi connectivity index (χ3n) is 1.91. The molecule has 0 spiro atoms. The second-order valence-electron chi connectivity index (χ2n) is 3.02. The standard InChI is InChI=1S/C11H15N5/c1-3-5-8(6-4-2)11-14-7-9(15-11)10(12)16-13/h3-7H,1,13H2,2H3,(H2,12,16)(H,14,15)/b6-4-,8-5+. The number of rotatable bonds is 4. The summed E-state index contributed by atoms with van der Waals surface area (Å²) in [4.78, 5) is 7.20. The van der Waals surface area contributed by atoms with Crippen molar-refractivity contribution in [2.75, 3.05) is 0 Å². The molecule has 0 aliphatic carbocycles. The third-order valence-corrected chi connectivity index (χ3v) is 1.91. The number of amidine groups is 1. The lowest BCUT2D eigenvalue weighted by Gasteiger charge is -1.96. The van der Waals surface area contributed by atoms with Crippen LogP contribution in [0.1, 0.15) is 18.4 Å². The van der Waals surface area contributed by atoms with Crippen molar-refractivity contribution >= 4 is 11.4 Å². The molecule has 0 saturated heterocycles. The number of H-pyrrole nitrogens is 1. The second kappa shape index (κ2) is 5.55. The van der Waals surface area contributed by atoms with Crippen LogP contribution < -0.4 is 11.6 Å². The fourth-order valence-corrected chi connectivity index (χ4v) is 1.19. The number of aromatic nitrogens is 2. The molecular formula is C11H15N5. The highest BCUT2D eigenvalue weighted by atomic mass is 15.2. The van der Waals surface area contributed by atoms with Crippen LogP contribution >= 0.6 is 0 Å². The third kappa shape index (κ3) is 2.60. The summed E-state index contributed by atoms with van der Waals surface area (Å²) < 4.78 is 0. The molecule has 1 aromatic heterocycles. The van der Waals surface area contributed by atoms with Crippen molar-refractivity contribution in [2.24, 2.45) is 16.7 Å². The average Bonchev–Trinajstić information content (AvgIpc) is 2.77. The molecule has 1 heterocycles. The van der Waals surface area contributed by atoms with Crippen molar-refractivity contribution in [3.05, 3.63) is 48.6 Å². The van der Waals surface area contributed by atoms with E-state index in [-0.39, 0.29) is 5.84 Å². The Kier molecular flexibility index (Phi) is 4.08. The fourth-order valence-electron chi connectivity index (χ4n) is 1.19. The molecule has 5 heteroatoms. The summed E-state index contributed by atoms with van der Waals surface area (Å²) >= 11 is 0. The summed E-state index contributed by atoms with van der Waals surface area (Å²) in [5.74, 6) is 5.99. The van der Waals surface area contributed by atoms with Gasteiger partial charge in [0, 0.05) is 5.57 Å². The van der Waals surface area contributed by atoms with Gasteiger partial charge < -0.3 is 16.6 Å². The van der Waals surface area contributed by atoms with E-state index in [9.17, 15) is 0 Å². The molecule has 84 valence electrons. The fraction of sp³-hybridized carbons (Fsp3) is 0.0909. The van der Waals surface area contributed by atoms with Gasteiger partial charge in [0.05, 0.1) is 6.20 Å². The quantitative estimate of drug-likeness (QED) is 0.232. The van der Waals surface area contributed by atoms with E-state index in [0.29, 0.717) is 11.5 Å². The zero-order chi connectivity index (χ0) is 12.0. The number of nitrogens with two attached hydrogens (primary N) is 2. The second-order valence-corrected chi connectivity index (χ2v) is 3.02. The summed E-state index contributed by atoms with van der Waals surface area (Å²) in [6.07, 6.45) is 8.95. The molecule has 0 aliphatic heterocycles. The van der Waals surface area contributed by atoms with Crippen LogP contribution in [0.3, 0.4) is 0 Å². The topological polar surface area (TPSA) is 93.1 Å². The van der Waals surface area contributed by atoms with Crippen LogP contribution in [0.5, 0.6) is 0 Å². The summed E-state index contributed by atoms with van der Waals surface area (Å²) in [6.45, 7) is 5.57. The van der Waals surface area contributed by atoms with Crippen molar-refractivity contribution in [3.8, 4) is 0 Å². The van der Waals surface area contributed by atoms with E-state index >= 15 is 0 Å². The highest BCUT2D eigenvalue weighted by Crippen LogP contribution is 2.12. The van der Waals surface area contributed by atoms with Crippen LogP contribution in [0.25, 0.3) is 5.57 Å². The molecule has 0 fully saturated rings. The Labute approximate surface area is 94.3 Å². The molecule has 0 radical (unpaired) electrons. The van der Waals surface area contributed by atoms with Crippen molar-refractivity contribution in [3.63, 3.8) is 0 Å². The summed E-state index contributed by atoms with van der Waals surface area (Å²) in [5.41, 5.74) is 7.06. The number of imidazole rings is 1. The molecule has 0 aliphatic rings. The van der Waals surface area contributed by atoms with Crippen LogP contribution in [0.2, 0.25) is 0 Å². The molecule has 0 amide bonds. The van der Waals surface area contributed by atoms with Gasteiger partial charge in [0.2, 0.25) is 0 Å². The molecule has 5 nitrogen and oxygen atoms in total. The lowest BCUT2D eigenvalue weighted by Crippen LogP contribution is -2.15. The molecule has 0 unspecified atom stereocenters. The van der Waals surface area contributed by atoms with Crippen molar-refractivity contribution < 1.29 is 0 Å². The van der Waals surface area contributed by atoms with E-state index < -0.39 is 0 Å². The Morgan fingerprint density at radius 1 is 1.62 bits per heavy atom. The SMILES string of the molecule is C=C/C=C(\C=C/C)c1ncc(/C(N)=N/N)[nH]1. The molecule has 0 aromatic carbocycles. The normalized spacial score (nSPS) is 13.3. The molecule has 1 rings (SSSR count). The monoisotopic (exact) mass is 217 g/mol. The Hall–Kier alpha value is -2.30. The number of hydrogen-bond donors (Lipinski definition) is 3. The van der Waals surface area contributed by atoms with E-state index in [0.717, 1.165) is 5.57 Å². The van der Waals surface area contributed by atoms with Crippen LogP contribution in [-0.4, -0.2) is 15.8 Å². The van der Waals surface area contributed by atoms with E-state index in [4.69, 9.17) is 11.6 Å². The molecule has 0 bridgehead atoms. The first-order valence-electron chi connectivity index (χ1n) is 4.77.